The van der Waals surface area contributed by atoms with Crippen molar-refractivity contribution in [3.05, 3.63) is 100 Å². The highest BCUT2D eigenvalue weighted by molar-refractivity contribution is 6.30. The predicted octanol–water partition coefficient (Wildman–Crippen LogP) is 4.50. The number of anilines is 1. The number of fused-ring (bicyclic) bond motifs is 1. The maximum Gasteiger partial charge on any atom is 0.260 e. The fraction of sp³-hybridized carbons (Fsp3) is 0.231. The highest BCUT2D eigenvalue weighted by atomic mass is 35.5. The molecule has 0 aromatic heterocycles. The number of nitrogens with zero attached hydrogens (tertiary/aromatic N) is 1. The number of aryl methyl sites for hydroxylation is 1. The van der Waals surface area contributed by atoms with Crippen molar-refractivity contribution in [2.75, 3.05) is 12.0 Å². The third kappa shape index (κ3) is 4.64. The molecule has 1 aliphatic rings. The van der Waals surface area contributed by atoms with Gasteiger partial charge in [0.15, 0.2) is 0 Å². The zero-order valence-electron chi connectivity index (χ0n) is 18.4. The van der Waals surface area contributed by atoms with Crippen molar-refractivity contribution in [3.8, 4) is 0 Å². The van der Waals surface area contributed by atoms with Crippen LogP contribution >= 0.6 is 11.6 Å². The van der Waals surface area contributed by atoms with Crippen LogP contribution in [-0.2, 0) is 4.74 Å². The Balaban J connectivity index is 1.75. The van der Waals surface area contributed by atoms with Crippen LogP contribution in [0.15, 0.2) is 72.8 Å². The van der Waals surface area contributed by atoms with Gasteiger partial charge in [0, 0.05) is 35.2 Å². The molecule has 3 unspecified atom stereocenters. The molecule has 0 bridgehead atoms. The Hall–Kier alpha value is -3.19. The Bertz CT molecular complexity index is 1170. The molecule has 4 rings (SSSR count). The predicted molar refractivity (Wildman–Crippen MR) is 128 cm³/mol. The molecule has 3 atom stereocenters. The number of halogens is 1. The number of amides is 2. The molecule has 2 amide bonds. The first-order valence-electron chi connectivity index (χ1n) is 10.7. The number of carbonyl (C=O) groups excluding carboxylic acids is 2. The van der Waals surface area contributed by atoms with Crippen molar-refractivity contribution in [2.24, 2.45) is 0 Å². The second-order valence-corrected chi connectivity index (χ2v) is 8.45. The Morgan fingerprint density at radius 2 is 1.76 bits per heavy atom. The standard InChI is InChI=1S/C26H25ClN2O4/c1-16-8-6-7-11-19(16)25(31)28-21-15-23(33-2)29(26(32)17-9-4-3-5-10-17)22-13-12-18(27)14-20(22)24(21)30/h3-14,21,23-24,30H,15H2,1-2H3,(H,28,31). The monoisotopic (exact) mass is 464 g/mol. The highest BCUT2D eigenvalue weighted by Gasteiger charge is 2.39. The van der Waals surface area contributed by atoms with Gasteiger partial charge >= 0.3 is 0 Å². The van der Waals surface area contributed by atoms with Crippen molar-refractivity contribution < 1.29 is 19.4 Å². The number of hydrogen-bond acceptors (Lipinski definition) is 4. The normalized spacial score (nSPS) is 20.0. The van der Waals surface area contributed by atoms with Gasteiger partial charge in [-0.15, -0.1) is 0 Å². The van der Waals surface area contributed by atoms with Crippen LogP contribution in [0, 0.1) is 6.92 Å². The lowest BCUT2D eigenvalue weighted by Crippen LogP contribution is -2.46. The molecule has 0 spiro atoms. The Labute approximate surface area is 197 Å². The molecule has 0 fully saturated rings. The average Bonchev–Trinajstić information content (AvgIpc) is 2.94. The number of carbonyl (C=O) groups is 2. The van der Waals surface area contributed by atoms with Gasteiger partial charge in [0.25, 0.3) is 11.8 Å². The molecule has 0 saturated heterocycles. The molecule has 2 N–H and O–H groups in total. The van der Waals surface area contributed by atoms with Crippen LogP contribution in [0.2, 0.25) is 5.02 Å². The van der Waals surface area contributed by atoms with Gasteiger partial charge in [-0.25, -0.2) is 0 Å². The number of rotatable bonds is 4. The molecule has 7 heteroatoms. The van der Waals surface area contributed by atoms with E-state index in [1.165, 1.54) is 12.0 Å². The number of benzene rings is 3. The SMILES string of the molecule is COC1CC(NC(=O)c2ccccc2C)C(O)c2cc(Cl)ccc2N1C(=O)c1ccccc1. The number of aliphatic hydroxyl groups excluding tert-OH is 1. The first kappa shape index (κ1) is 23.0. The van der Waals surface area contributed by atoms with Gasteiger partial charge in [-0.05, 0) is 48.9 Å². The van der Waals surface area contributed by atoms with Gasteiger partial charge in [0.05, 0.1) is 11.7 Å². The summed E-state index contributed by atoms with van der Waals surface area (Å²) < 4.78 is 5.71. The van der Waals surface area contributed by atoms with E-state index in [-0.39, 0.29) is 18.2 Å². The molecule has 0 saturated carbocycles. The van der Waals surface area contributed by atoms with E-state index >= 15 is 0 Å². The minimum atomic E-state index is -1.10. The molecule has 1 aliphatic heterocycles. The van der Waals surface area contributed by atoms with Gasteiger partial charge < -0.3 is 15.2 Å². The van der Waals surface area contributed by atoms with E-state index in [2.05, 4.69) is 5.32 Å². The number of hydrogen-bond donors (Lipinski definition) is 2. The topological polar surface area (TPSA) is 78.9 Å². The number of nitrogens with one attached hydrogen (secondary N) is 1. The summed E-state index contributed by atoms with van der Waals surface area (Å²) in [5.41, 5.74) is 2.76. The number of ether oxygens (including phenoxy) is 1. The van der Waals surface area contributed by atoms with E-state index in [0.29, 0.717) is 27.4 Å². The van der Waals surface area contributed by atoms with Crippen LogP contribution < -0.4 is 10.2 Å². The zero-order chi connectivity index (χ0) is 23.5. The Kier molecular flexibility index (Phi) is 6.79. The quantitative estimate of drug-likeness (QED) is 0.595. The summed E-state index contributed by atoms with van der Waals surface area (Å²) >= 11 is 6.25. The highest BCUT2D eigenvalue weighted by Crippen LogP contribution is 2.38. The summed E-state index contributed by atoms with van der Waals surface area (Å²) in [6.45, 7) is 1.85. The van der Waals surface area contributed by atoms with Gasteiger partial charge in [-0.3, -0.25) is 14.5 Å². The molecule has 1 heterocycles. The average molecular weight is 465 g/mol. The summed E-state index contributed by atoms with van der Waals surface area (Å²) in [4.78, 5) is 28.1. The maximum absolute atomic E-state index is 13.5. The zero-order valence-corrected chi connectivity index (χ0v) is 19.1. The molecular weight excluding hydrogens is 440 g/mol. The second kappa shape index (κ2) is 9.75. The Morgan fingerprint density at radius 3 is 2.45 bits per heavy atom. The smallest absolute Gasteiger partial charge is 0.260 e. The van der Waals surface area contributed by atoms with E-state index in [0.717, 1.165) is 5.56 Å². The Morgan fingerprint density at radius 1 is 1.06 bits per heavy atom. The second-order valence-electron chi connectivity index (χ2n) is 8.01. The van der Waals surface area contributed by atoms with Crippen LogP contribution in [0.4, 0.5) is 5.69 Å². The maximum atomic E-state index is 13.5. The first-order valence-corrected chi connectivity index (χ1v) is 11.0. The van der Waals surface area contributed by atoms with Crippen LogP contribution in [-0.4, -0.2) is 36.3 Å². The molecular formula is C26H25ClN2O4. The van der Waals surface area contributed by atoms with Crippen LogP contribution in [0.25, 0.3) is 0 Å². The lowest BCUT2D eigenvalue weighted by atomic mass is 9.99. The molecule has 170 valence electrons. The van der Waals surface area contributed by atoms with E-state index in [1.807, 2.05) is 25.1 Å². The molecule has 3 aromatic carbocycles. The molecule has 0 aliphatic carbocycles. The van der Waals surface area contributed by atoms with E-state index in [4.69, 9.17) is 16.3 Å². The van der Waals surface area contributed by atoms with E-state index < -0.39 is 18.4 Å². The summed E-state index contributed by atoms with van der Waals surface area (Å²) in [6.07, 6.45) is -1.64. The van der Waals surface area contributed by atoms with Crippen molar-refractivity contribution in [2.45, 2.75) is 31.7 Å². The van der Waals surface area contributed by atoms with Crippen molar-refractivity contribution in [1.29, 1.82) is 0 Å². The minimum Gasteiger partial charge on any atom is -0.386 e. The fourth-order valence-electron chi connectivity index (χ4n) is 4.18. The van der Waals surface area contributed by atoms with Crippen LogP contribution in [0.5, 0.6) is 0 Å². The summed E-state index contributed by atoms with van der Waals surface area (Å²) in [6, 6.07) is 20.4. The largest absolute Gasteiger partial charge is 0.386 e. The molecule has 33 heavy (non-hydrogen) atoms. The number of aliphatic hydroxyl groups is 1. The lowest BCUT2D eigenvalue weighted by molar-refractivity contribution is 0.0496. The van der Waals surface area contributed by atoms with Gasteiger partial charge in [-0.2, -0.15) is 0 Å². The van der Waals surface area contributed by atoms with Crippen LogP contribution in [0.1, 0.15) is 44.4 Å². The first-order chi connectivity index (χ1) is 15.9. The van der Waals surface area contributed by atoms with Crippen molar-refractivity contribution in [1.82, 2.24) is 5.32 Å². The van der Waals surface area contributed by atoms with Crippen molar-refractivity contribution in [3.63, 3.8) is 0 Å². The van der Waals surface area contributed by atoms with Crippen molar-refractivity contribution >= 4 is 29.1 Å². The summed E-state index contributed by atoms with van der Waals surface area (Å²) in [5, 5.41) is 14.7. The van der Waals surface area contributed by atoms with Crippen LogP contribution in [0.3, 0.4) is 0 Å². The fourth-order valence-corrected chi connectivity index (χ4v) is 4.36. The molecule has 6 nitrogen and oxygen atoms in total. The molecule has 0 radical (unpaired) electrons. The minimum absolute atomic E-state index is 0.181. The van der Waals surface area contributed by atoms with Gasteiger partial charge in [-0.1, -0.05) is 48.0 Å². The summed E-state index contributed by atoms with van der Waals surface area (Å²) in [7, 11) is 1.50. The third-order valence-corrected chi connectivity index (χ3v) is 6.15. The summed E-state index contributed by atoms with van der Waals surface area (Å²) in [5.74, 6) is -0.581. The van der Waals surface area contributed by atoms with E-state index in [1.54, 1.807) is 54.6 Å². The lowest BCUT2D eigenvalue weighted by Gasteiger charge is -2.31. The number of methoxy groups -OCH3 is 1. The van der Waals surface area contributed by atoms with E-state index in [9.17, 15) is 14.7 Å². The molecule has 3 aromatic rings. The third-order valence-electron chi connectivity index (χ3n) is 5.91. The van der Waals surface area contributed by atoms with Gasteiger partial charge in [0.1, 0.15) is 12.3 Å². The van der Waals surface area contributed by atoms with Gasteiger partial charge in [0.2, 0.25) is 0 Å².